The fourth-order valence-corrected chi connectivity index (χ4v) is 4.55. The molecule has 2 atom stereocenters. The number of nitrogens with zero attached hydrogens (tertiary/aromatic N) is 1. The Balaban J connectivity index is 1.44. The quantitative estimate of drug-likeness (QED) is 0.226. The van der Waals surface area contributed by atoms with Crippen LogP contribution < -0.4 is 9.47 Å². The molecule has 32 heavy (non-hydrogen) atoms. The molecule has 1 aliphatic carbocycles. The summed E-state index contributed by atoms with van der Waals surface area (Å²) in [6.07, 6.45) is 11.7. The van der Waals surface area contributed by atoms with Crippen molar-refractivity contribution >= 4 is 5.97 Å². The molecule has 0 bridgehead atoms. The van der Waals surface area contributed by atoms with Crippen LogP contribution in [-0.4, -0.2) is 12.6 Å². The number of hydrogen-bond acceptors (Lipinski definition) is 4. The normalized spacial score (nSPS) is 18.0. The minimum atomic E-state index is -0.743. The second-order valence-corrected chi connectivity index (χ2v) is 8.61. The first-order valence-electron chi connectivity index (χ1n) is 11.8. The van der Waals surface area contributed by atoms with Crippen molar-refractivity contribution in [1.82, 2.24) is 0 Å². The van der Waals surface area contributed by atoms with Crippen LogP contribution in [0.5, 0.6) is 11.5 Å². The third kappa shape index (κ3) is 6.82. The Morgan fingerprint density at radius 3 is 2.38 bits per heavy atom. The van der Waals surface area contributed by atoms with Crippen molar-refractivity contribution < 1.29 is 18.7 Å². The van der Waals surface area contributed by atoms with Gasteiger partial charge in [-0.2, -0.15) is 5.26 Å². The van der Waals surface area contributed by atoms with Gasteiger partial charge in [0.05, 0.1) is 23.8 Å². The van der Waals surface area contributed by atoms with Gasteiger partial charge in [-0.15, -0.1) is 0 Å². The molecule has 1 fully saturated rings. The summed E-state index contributed by atoms with van der Waals surface area (Å²) in [4.78, 5) is 12.3. The Hall–Kier alpha value is -2.87. The van der Waals surface area contributed by atoms with E-state index in [0.29, 0.717) is 17.9 Å². The molecule has 0 heterocycles. The maximum Gasteiger partial charge on any atom is 0.343 e. The van der Waals surface area contributed by atoms with E-state index in [1.807, 2.05) is 6.07 Å². The first-order chi connectivity index (χ1) is 15.6. The summed E-state index contributed by atoms with van der Waals surface area (Å²) >= 11 is 0. The first-order valence-corrected chi connectivity index (χ1v) is 11.8. The van der Waals surface area contributed by atoms with Gasteiger partial charge in [0.15, 0.2) is 11.6 Å². The van der Waals surface area contributed by atoms with Gasteiger partial charge in [0.1, 0.15) is 5.75 Å². The van der Waals surface area contributed by atoms with E-state index in [9.17, 15) is 9.18 Å². The smallest absolute Gasteiger partial charge is 0.343 e. The van der Waals surface area contributed by atoms with Gasteiger partial charge in [-0.1, -0.05) is 51.9 Å². The molecule has 1 saturated carbocycles. The lowest BCUT2D eigenvalue weighted by atomic mass is 9.75. The van der Waals surface area contributed by atoms with E-state index in [-0.39, 0.29) is 11.3 Å². The summed E-state index contributed by atoms with van der Waals surface area (Å²) in [6, 6.07) is 12.3. The number of carbonyl (C=O) groups is 1. The zero-order chi connectivity index (χ0) is 22.8. The first kappa shape index (κ1) is 23.8. The molecule has 0 aromatic heterocycles. The highest BCUT2D eigenvalue weighted by molar-refractivity contribution is 5.91. The van der Waals surface area contributed by atoms with Crippen LogP contribution in [-0.2, 0) is 0 Å². The molecule has 170 valence electrons. The van der Waals surface area contributed by atoms with E-state index in [1.165, 1.54) is 63.5 Å². The Kier molecular flexibility index (Phi) is 9.10. The second kappa shape index (κ2) is 12.2. The molecule has 5 heteroatoms. The van der Waals surface area contributed by atoms with Gasteiger partial charge in [-0.25, -0.2) is 9.18 Å². The molecule has 2 aromatic rings. The Labute approximate surface area is 190 Å². The highest BCUT2D eigenvalue weighted by Crippen LogP contribution is 2.36. The number of benzene rings is 2. The third-order valence-corrected chi connectivity index (χ3v) is 6.34. The van der Waals surface area contributed by atoms with Crippen LogP contribution in [0.3, 0.4) is 0 Å². The van der Waals surface area contributed by atoms with Gasteiger partial charge in [0.2, 0.25) is 0 Å². The van der Waals surface area contributed by atoms with Crippen LogP contribution in [0.1, 0.15) is 80.6 Å². The predicted molar refractivity (Wildman–Crippen MR) is 122 cm³/mol. The third-order valence-electron chi connectivity index (χ3n) is 6.34. The summed E-state index contributed by atoms with van der Waals surface area (Å²) in [5.41, 5.74) is 0.478. The number of ether oxygens (including phenoxy) is 2. The van der Waals surface area contributed by atoms with Crippen LogP contribution in [0.4, 0.5) is 4.39 Å². The van der Waals surface area contributed by atoms with E-state index >= 15 is 0 Å². The molecule has 4 nitrogen and oxygen atoms in total. The van der Waals surface area contributed by atoms with E-state index in [2.05, 4.69) is 6.92 Å². The molecule has 0 N–H and O–H groups in total. The molecule has 2 aromatic carbocycles. The van der Waals surface area contributed by atoms with E-state index in [0.717, 1.165) is 24.3 Å². The lowest BCUT2D eigenvalue weighted by Crippen LogP contribution is -2.20. The lowest BCUT2D eigenvalue weighted by Gasteiger charge is -2.31. The van der Waals surface area contributed by atoms with E-state index in [1.54, 1.807) is 24.3 Å². The number of unbranched alkanes of at least 4 members (excludes halogenated alkanes) is 1. The Morgan fingerprint density at radius 2 is 1.75 bits per heavy atom. The average molecular weight is 438 g/mol. The largest absolute Gasteiger partial charge is 0.494 e. The molecular weight excluding hydrogens is 405 g/mol. The van der Waals surface area contributed by atoms with Gasteiger partial charge in [0, 0.05) is 0 Å². The van der Waals surface area contributed by atoms with Crippen molar-refractivity contribution in [2.24, 2.45) is 11.8 Å². The van der Waals surface area contributed by atoms with Crippen LogP contribution in [0.15, 0.2) is 42.5 Å². The van der Waals surface area contributed by atoms with Crippen LogP contribution in [0.25, 0.3) is 0 Å². The highest BCUT2D eigenvalue weighted by atomic mass is 19.1. The average Bonchev–Trinajstić information content (AvgIpc) is 2.82. The van der Waals surface area contributed by atoms with Gasteiger partial charge in [0.25, 0.3) is 0 Å². The second-order valence-electron chi connectivity index (χ2n) is 8.61. The van der Waals surface area contributed by atoms with Gasteiger partial charge in [-0.05, 0) is 67.1 Å². The minimum Gasteiger partial charge on any atom is -0.494 e. The number of nitriles is 1. The summed E-state index contributed by atoms with van der Waals surface area (Å²) < 4.78 is 24.9. The molecule has 0 spiro atoms. The number of esters is 1. The SMILES string of the molecule is CCCCC1CCCCC1CCCOc1ccc(C(=O)Oc2ccc(C#N)cc2F)cc1. The highest BCUT2D eigenvalue weighted by Gasteiger charge is 2.24. The molecule has 0 radical (unpaired) electrons. The fraction of sp³-hybridized carbons (Fsp3) is 0.481. The van der Waals surface area contributed by atoms with Gasteiger partial charge in [-0.3, -0.25) is 0 Å². The zero-order valence-electron chi connectivity index (χ0n) is 18.8. The van der Waals surface area contributed by atoms with E-state index in [4.69, 9.17) is 14.7 Å². The number of hydrogen-bond donors (Lipinski definition) is 0. The summed E-state index contributed by atoms with van der Waals surface area (Å²) in [5, 5.41) is 8.79. The molecule has 2 unspecified atom stereocenters. The molecular formula is C27H32FNO3. The van der Waals surface area contributed by atoms with Crippen molar-refractivity contribution in [1.29, 1.82) is 5.26 Å². The maximum absolute atomic E-state index is 13.9. The Bertz CT molecular complexity index is 919. The lowest BCUT2D eigenvalue weighted by molar-refractivity contribution is 0.0728. The minimum absolute atomic E-state index is 0.170. The van der Waals surface area contributed by atoms with Crippen molar-refractivity contribution in [3.63, 3.8) is 0 Å². The topological polar surface area (TPSA) is 59.3 Å². The number of carbonyl (C=O) groups excluding carboxylic acids is 1. The van der Waals surface area contributed by atoms with E-state index < -0.39 is 11.8 Å². The Morgan fingerprint density at radius 1 is 1.06 bits per heavy atom. The predicted octanol–water partition coefficient (Wildman–Crippen LogP) is 7.07. The van der Waals surface area contributed by atoms with Gasteiger partial charge < -0.3 is 9.47 Å². The molecule has 0 saturated heterocycles. The van der Waals surface area contributed by atoms with Crippen molar-refractivity contribution in [2.45, 2.75) is 64.7 Å². The van der Waals surface area contributed by atoms with Crippen molar-refractivity contribution in [3.8, 4) is 17.6 Å². The fourth-order valence-electron chi connectivity index (χ4n) is 4.55. The zero-order valence-corrected chi connectivity index (χ0v) is 18.8. The number of halogens is 1. The summed E-state index contributed by atoms with van der Waals surface area (Å²) in [6.45, 7) is 2.93. The van der Waals surface area contributed by atoms with Crippen molar-refractivity contribution in [3.05, 3.63) is 59.4 Å². The van der Waals surface area contributed by atoms with Crippen LogP contribution >= 0.6 is 0 Å². The maximum atomic E-state index is 13.9. The monoisotopic (exact) mass is 437 g/mol. The molecule has 1 aliphatic rings. The summed E-state index contributed by atoms with van der Waals surface area (Å²) in [5.74, 6) is 0.822. The molecule has 0 amide bonds. The van der Waals surface area contributed by atoms with Crippen LogP contribution in [0, 0.1) is 29.0 Å². The van der Waals surface area contributed by atoms with Crippen LogP contribution in [0.2, 0.25) is 0 Å². The molecule has 0 aliphatic heterocycles. The van der Waals surface area contributed by atoms with Crippen molar-refractivity contribution in [2.75, 3.05) is 6.61 Å². The van der Waals surface area contributed by atoms with Gasteiger partial charge >= 0.3 is 5.97 Å². The molecule has 3 rings (SSSR count). The summed E-state index contributed by atoms with van der Waals surface area (Å²) in [7, 11) is 0. The standard InChI is InChI=1S/C27H32FNO3/c1-2-3-7-21-8-4-5-9-22(21)10-6-17-31-24-14-12-23(13-15-24)27(30)32-26-16-11-20(19-29)18-25(26)28/h11-16,18,21-22H,2-10,17H2,1H3. The number of rotatable bonds is 10.